The Morgan fingerprint density at radius 3 is 2.94 bits per heavy atom. The molecule has 2 rings (SSSR count). The Hall–Kier alpha value is -1.32. The number of halogens is 1. The van der Waals surface area contributed by atoms with E-state index in [4.69, 9.17) is 16.3 Å². The van der Waals surface area contributed by atoms with Crippen molar-refractivity contribution < 1.29 is 9.53 Å². The molecule has 0 N–H and O–H groups in total. The van der Waals surface area contributed by atoms with E-state index in [0.717, 1.165) is 36.8 Å². The molecule has 0 spiro atoms. The van der Waals surface area contributed by atoms with Gasteiger partial charge in [0.25, 0.3) is 0 Å². The molecule has 1 aromatic carbocycles. The second-order valence-corrected chi connectivity index (χ2v) is 4.61. The molecule has 0 aliphatic heterocycles. The maximum atomic E-state index is 11.0. The average molecular weight is 266 g/mol. The molecule has 0 amide bonds. The van der Waals surface area contributed by atoms with E-state index < -0.39 is 0 Å². The molecule has 0 saturated carbocycles. The molecule has 0 aliphatic carbocycles. The van der Waals surface area contributed by atoms with E-state index in [1.807, 2.05) is 22.9 Å². The maximum absolute atomic E-state index is 11.0. The number of hydrogen-bond acceptors (Lipinski definition) is 2. The van der Waals surface area contributed by atoms with Crippen LogP contribution in [0.15, 0.2) is 24.4 Å². The first kappa shape index (κ1) is 13.1. The van der Waals surface area contributed by atoms with Gasteiger partial charge in [0.1, 0.15) is 0 Å². The number of fused-ring (bicyclic) bond motifs is 1. The highest BCUT2D eigenvalue weighted by Gasteiger charge is 2.08. The number of carbonyl (C=O) groups is 1. The molecule has 0 atom stereocenters. The van der Waals surface area contributed by atoms with Crippen molar-refractivity contribution in [3.63, 3.8) is 0 Å². The van der Waals surface area contributed by atoms with E-state index in [9.17, 15) is 4.79 Å². The topological polar surface area (TPSA) is 31.2 Å². The highest BCUT2D eigenvalue weighted by molar-refractivity contribution is 6.31. The Kier molecular flexibility index (Phi) is 4.39. The Morgan fingerprint density at radius 1 is 1.39 bits per heavy atom. The van der Waals surface area contributed by atoms with Gasteiger partial charge >= 0.3 is 0 Å². The summed E-state index contributed by atoms with van der Waals surface area (Å²) in [4.78, 5) is 11.0. The van der Waals surface area contributed by atoms with Crippen LogP contribution in [-0.4, -0.2) is 24.1 Å². The smallest absolute Gasteiger partial charge is 0.152 e. The van der Waals surface area contributed by atoms with Gasteiger partial charge in [0.05, 0.1) is 12.1 Å². The van der Waals surface area contributed by atoms with Crippen LogP contribution in [0.4, 0.5) is 0 Å². The van der Waals surface area contributed by atoms with Gasteiger partial charge in [0, 0.05) is 35.3 Å². The minimum absolute atomic E-state index is 0.641. The molecule has 1 heterocycles. The van der Waals surface area contributed by atoms with Gasteiger partial charge in [0.15, 0.2) is 6.29 Å². The van der Waals surface area contributed by atoms with E-state index in [1.54, 1.807) is 6.07 Å². The van der Waals surface area contributed by atoms with Crippen molar-refractivity contribution in [2.75, 3.05) is 13.2 Å². The molecule has 0 aliphatic rings. The second-order valence-electron chi connectivity index (χ2n) is 4.17. The number of hydrogen-bond donors (Lipinski definition) is 0. The summed E-state index contributed by atoms with van der Waals surface area (Å²) >= 11 is 5.99. The van der Waals surface area contributed by atoms with Crippen LogP contribution in [0, 0.1) is 0 Å². The molecule has 0 fully saturated rings. The van der Waals surface area contributed by atoms with Crippen LogP contribution in [-0.2, 0) is 11.3 Å². The van der Waals surface area contributed by atoms with Gasteiger partial charge in [-0.25, -0.2) is 0 Å². The van der Waals surface area contributed by atoms with Crippen molar-refractivity contribution in [3.05, 3.63) is 35.0 Å². The number of aromatic nitrogens is 1. The molecule has 3 nitrogen and oxygen atoms in total. The lowest BCUT2D eigenvalue weighted by Crippen LogP contribution is -2.05. The lowest BCUT2D eigenvalue weighted by Gasteiger charge is -2.06. The van der Waals surface area contributed by atoms with Gasteiger partial charge < -0.3 is 9.30 Å². The predicted octanol–water partition coefficient (Wildman–Crippen LogP) is 3.53. The Labute approximate surface area is 111 Å². The molecule has 18 heavy (non-hydrogen) atoms. The first-order valence-electron chi connectivity index (χ1n) is 6.07. The molecule has 96 valence electrons. The predicted molar refractivity (Wildman–Crippen MR) is 73.4 cm³/mol. The molecule has 0 radical (unpaired) electrons. The summed E-state index contributed by atoms with van der Waals surface area (Å²) in [6, 6.07) is 5.56. The van der Waals surface area contributed by atoms with Crippen molar-refractivity contribution in [1.82, 2.24) is 4.57 Å². The molecule has 4 heteroatoms. The summed E-state index contributed by atoms with van der Waals surface area (Å²) < 4.78 is 7.48. The van der Waals surface area contributed by atoms with Gasteiger partial charge in [-0.3, -0.25) is 4.79 Å². The van der Waals surface area contributed by atoms with E-state index in [1.165, 1.54) is 0 Å². The van der Waals surface area contributed by atoms with Crippen LogP contribution in [0.1, 0.15) is 23.7 Å². The summed E-state index contributed by atoms with van der Waals surface area (Å²) in [5.41, 5.74) is 1.67. The van der Waals surface area contributed by atoms with Crippen LogP contribution in [0.3, 0.4) is 0 Å². The second kappa shape index (κ2) is 6.03. The minimum Gasteiger partial charge on any atom is -0.380 e. The number of ether oxygens (including phenoxy) is 1. The summed E-state index contributed by atoms with van der Waals surface area (Å²) in [5, 5.41) is 1.61. The monoisotopic (exact) mass is 265 g/mol. The lowest BCUT2D eigenvalue weighted by molar-refractivity contribution is 0.112. The number of carbonyl (C=O) groups excluding carboxylic acids is 1. The zero-order valence-electron chi connectivity index (χ0n) is 10.4. The van der Waals surface area contributed by atoms with Crippen molar-refractivity contribution in [2.45, 2.75) is 19.9 Å². The van der Waals surface area contributed by atoms with Crippen LogP contribution in [0.25, 0.3) is 10.9 Å². The van der Waals surface area contributed by atoms with Gasteiger partial charge in [-0.1, -0.05) is 24.6 Å². The number of nitrogens with zero attached hydrogens (tertiary/aromatic N) is 1. The summed E-state index contributed by atoms with van der Waals surface area (Å²) in [7, 11) is 0. The molecule has 0 bridgehead atoms. The zero-order chi connectivity index (χ0) is 13.0. The SMILES string of the molecule is CCCOCCn1cc(C=O)c2ccc(Cl)cc21. The normalized spacial score (nSPS) is 11.0. The van der Waals surface area contributed by atoms with E-state index in [0.29, 0.717) is 17.2 Å². The highest BCUT2D eigenvalue weighted by Crippen LogP contribution is 2.23. The molecule has 0 unspecified atom stereocenters. The first-order chi connectivity index (χ1) is 8.76. The minimum atomic E-state index is 0.641. The fraction of sp³-hybridized carbons (Fsp3) is 0.357. The summed E-state index contributed by atoms with van der Waals surface area (Å²) in [6.07, 6.45) is 3.74. The van der Waals surface area contributed by atoms with E-state index >= 15 is 0 Å². The van der Waals surface area contributed by atoms with Crippen LogP contribution in [0.5, 0.6) is 0 Å². The quantitative estimate of drug-likeness (QED) is 0.591. The summed E-state index contributed by atoms with van der Waals surface area (Å²) in [6.45, 7) is 4.21. The lowest BCUT2D eigenvalue weighted by atomic mass is 10.2. The fourth-order valence-corrected chi connectivity index (χ4v) is 2.15. The fourth-order valence-electron chi connectivity index (χ4n) is 1.98. The van der Waals surface area contributed by atoms with Crippen LogP contribution in [0.2, 0.25) is 5.02 Å². The van der Waals surface area contributed by atoms with E-state index in [2.05, 4.69) is 6.92 Å². The van der Waals surface area contributed by atoms with Crippen molar-refractivity contribution in [1.29, 1.82) is 0 Å². The van der Waals surface area contributed by atoms with Crippen LogP contribution < -0.4 is 0 Å². The van der Waals surface area contributed by atoms with Crippen molar-refractivity contribution >= 4 is 28.8 Å². The molecular formula is C14H16ClNO2. The first-order valence-corrected chi connectivity index (χ1v) is 6.45. The van der Waals surface area contributed by atoms with E-state index in [-0.39, 0.29) is 0 Å². The van der Waals surface area contributed by atoms with Gasteiger partial charge in [0.2, 0.25) is 0 Å². The molecule has 1 aromatic heterocycles. The Morgan fingerprint density at radius 2 is 2.22 bits per heavy atom. The highest BCUT2D eigenvalue weighted by atomic mass is 35.5. The third-order valence-corrected chi connectivity index (χ3v) is 3.06. The maximum Gasteiger partial charge on any atom is 0.152 e. The van der Waals surface area contributed by atoms with Gasteiger partial charge in [-0.2, -0.15) is 0 Å². The van der Waals surface area contributed by atoms with Gasteiger partial charge in [-0.15, -0.1) is 0 Å². The van der Waals surface area contributed by atoms with Crippen molar-refractivity contribution in [3.8, 4) is 0 Å². The summed E-state index contributed by atoms with van der Waals surface area (Å²) in [5.74, 6) is 0. The number of aldehydes is 1. The Balaban J connectivity index is 2.26. The van der Waals surface area contributed by atoms with Crippen molar-refractivity contribution in [2.24, 2.45) is 0 Å². The average Bonchev–Trinajstić information content (AvgIpc) is 2.72. The molecular weight excluding hydrogens is 250 g/mol. The standard InChI is InChI=1S/C14H16ClNO2/c1-2-6-18-7-5-16-9-11(10-17)13-4-3-12(15)8-14(13)16/h3-4,8-10H,2,5-7H2,1H3. The largest absolute Gasteiger partial charge is 0.380 e. The third kappa shape index (κ3) is 2.74. The molecule has 2 aromatic rings. The third-order valence-electron chi connectivity index (χ3n) is 2.83. The number of benzene rings is 1. The zero-order valence-corrected chi connectivity index (χ0v) is 11.1. The van der Waals surface area contributed by atoms with Crippen LogP contribution >= 0.6 is 11.6 Å². The van der Waals surface area contributed by atoms with Gasteiger partial charge in [-0.05, 0) is 18.6 Å². The molecule has 0 saturated heterocycles. The Bertz CT molecular complexity index is 548. The number of rotatable bonds is 6.